The summed E-state index contributed by atoms with van der Waals surface area (Å²) in [7, 11) is 3.13. The predicted octanol–water partition coefficient (Wildman–Crippen LogP) is 5.55. The van der Waals surface area contributed by atoms with Gasteiger partial charge in [-0.2, -0.15) is 0 Å². The minimum Gasteiger partial charge on any atom is -0.493 e. The molecule has 0 heterocycles. The predicted molar refractivity (Wildman–Crippen MR) is 125 cm³/mol. The zero-order valence-corrected chi connectivity index (χ0v) is 19.8. The Morgan fingerprint density at radius 1 is 1.00 bits per heavy atom. The molecule has 2 aromatic rings. The monoisotopic (exact) mass is 452 g/mol. The van der Waals surface area contributed by atoms with E-state index in [1.165, 1.54) is 0 Å². The molecule has 0 radical (unpaired) electrons. The van der Waals surface area contributed by atoms with Gasteiger partial charge in [-0.25, -0.2) is 0 Å². The number of rotatable bonds is 10. The highest BCUT2D eigenvalue weighted by Crippen LogP contribution is 2.55. The zero-order valence-electron chi connectivity index (χ0n) is 19.8. The van der Waals surface area contributed by atoms with Crippen LogP contribution < -0.4 is 14.2 Å². The minimum absolute atomic E-state index is 0.0880. The third kappa shape index (κ3) is 3.96. The number of ether oxygens (including phenoxy) is 3. The van der Waals surface area contributed by atoms with Crippen molar-refractivity contribution in [1.82, 2.24) is 0 Å². The number of methoxy groups -OCH3 is 2. The number of aryl methyl sites for hydroxylation is 1. The lowest BCUT2D eigenvalue weighted by Gasteiger charge is -2.33. The number of aliphatic carboxylic acids is 1. The van der Waals surface area contributed by atoms with Crippen molar-refractivity contribution in [2.24, 2.45) is 11.3 Å². The zero-order chi connectivity index (χ0) is 23.8. The van der Waals surface area contributed by atoms with E-state index in [0.717, 1.165) is 41.5 Å². The fraction of sp³-hybridized carbons (Fsp3) is 0.481. The third-order valence-electron chi connectivity index (χ3n) is 7.32. The van der Waals surface area contributed by atoms with E-state index in [9.17, 15) is 14.7 Å². The molecule has 2 aliphatic carbocycles. The van der Waals surface area contributed by atoms with Gasteiger partial charge in [-0.15, -0.1) is 0 Å². The second-order valence-electron chi connectivity index (χ2n) is 9.05. The molecule has 0 bridgehead atoms. The van der Waals surface area contributed by atoms with Crippen molar-refractivity contribution < 1.29 is 28.9 Å². The van der Waals surface area contributed by atoms with Gasteiger partial charge in [-0.3, -0.25) is 9.59 Å². The van der Waals surface area contributed by atoms with Crippen molar-refractivity contribution in [1.29, 1.82) is 0 Å². The molecule has 6 nitrogen and oxygen atoms in total. The van der Waals surface area contributed by atoms with E-state index in [1.54, 1.807) is 14.2 Å². The number of Topliss-reactive ketones (excluding diaryl/α,β-unsaturated/α-hetero) is 1. The van der Waals surface area contributed by atoms with Crippen LogP contribution in [0.3, 0.4) is 0 Å². The van der Waals surface area contributed by atoms with Crippen LogP contribution >= 0.6 is 0 Å². The molecule has 0 amide bonds. The Morgan fingerprint density at radius 2 is 1.70 bits per heavy atom. The average molecular weight is 453 g/mol. The highest BCUT2D eigenvalue weighted by molar-refractivity contribution is 6.01. The quantitative estimate of drug-likeness (QED) is 0.509. The largest absolute Gasteiger partial charge is 0.493 e. The number of carbonyl (C=O) groups excluding carboxylic acids is 1. The number of carboxylic acids is 1. The number of ketones is 1. The average Bonchev–Trinajstić information content (AvgIpc) is 3.56. The number of benzene rings is 2. The Labute approximate surface area is 194 Å². The van der Waals surface area contributed by atoms with Crippen molar-refractivity contribution in [3.8, 4) is 28.4 Å². The van der Waals surface area contributed by atoms with Crippen LogP contribution in [0, 0.1) is 11.3 Å². The van der Waals surface area contributed by atoms with Gasteiger partial charge in [-0.1, -0.05) is 32.0 Å². The third-order valence-corrected chi connectivity index (χ3v) is 7.32. The Bertz CT molecular complexity index is 1060. The van der Waals surface area contributed by atoms with Crippen LogP contribution in [0.25, 0.3) is 11.1 Å². The molecule has 2 aliphatic rings. The normalized spacial score (nSPS) is 16.9. The molecule has 176 valence electrons. The van der Waals surface area contributed by atoms with Crippen LogP contribution in [-0.4, -0.2) is 37.2 Å². The molecule has 33 heavy (non-hydrogen) atoms. The summed E-state index contributed by atoms with van der Waals surface area (Å²) in [6, 6.07) is 9.57. The van der Waals surface area contributed by atoms with Crippen molar-refractivity contribution in [3.05, 3.63) is 41.5 Å². The summed E-state index contributed by atoms with van der Waals surface area (Å²) in [5.74, 6) is 0.917. The molecular weight excluding hydrogens is 420 g/mol. The molecule has 0 saturated heterocycles. The summed E-state index contributed by atoms with van der Waals surface area (Å²) < 4.78 is 17.9. The van der Waals surface area contributed by atoms with E-state index < -0.39 is 17.5 Å². The molecule has 4 rings (SSSR count). The summed E-state index contributed by atoms with van der Waals surface area (Å²) in [5.41, 5.74) is 2.63. The molecule has 1 fully saturated rings. The van der Waals surface area contributed by atoms with Gasteiger partial charge in [0.1, 0.15) is 11.5 Å². The van der Waals surface area contributed by atoms with Gasteiger partial charge in [0.2, 0.25) is 5.75 Å². The van der Waals surface area contributed by atoms with Crippen LogP contribution in [0.2, 0.25) is 0 Å². The Morgan fingerprint density at radius 3 is 2.27 bits per heavy atom. The Hall–Kier alpha value is -3.02. The lowest BCUT2D eigenvalue weighted by atomic mass is 9.84. The molecule has 1 N–H and O–H groups in total. The Balaban J connectivity index is 1.85. The number of fused-ring (bicyclic) bond motifs is 1. The highest BCUT2D eigenvalue weighted by atomic mass is 16.5. The number of carboxylic acid groups (broad SMARTS) is 1. The second kappa shape index (κ2) is 9.08. The van der Waals surface area contributed by atoms with Crippen LogP contribution in [0.15, 0.2) is 30.3 Å². The van der Waals surface area contributed by atoms with Gasteiger partial charge < -0.3 is 19.3 Å². The fourth-order valence-electron chi connectivity index (χ4n) is 5.12. The van der Waals surface area contributed by atoms with Crippen molar-refractivity contribution >= 4 is 11.8 Å². The molecule has 2 aromatic carbocycles. The maximum absolute atomic E-state index is 12.3. The molecule has 0 aliphatic heterocycles. The second-order valence-corrected chi connectivity index (χ2v) is 9.05. The van der Waals surface area contributed by atoms with Crippen LogP contribution in [-0.2, 0) is 11.2 Å². The van der Waals surface area contributed by atoms with Crippen molar-refractivity contribution in [3.63, 3.8) is 0 Å². The van der Waals surface area contributed by atoms with E-state index in [0.29, 0.717) is 36.5 Å². The van der Waals surface area contributed by atoms with Crippen molar-refractivity contribution in [2.45, 2.75) is 58.5 Å². The molecule has 1 saturated carbocycles. The Kier molecular flexibility index (Phi) is 6.37. The molecule has 0 spiro atoms. The minimum atomic E-state index is -0.883. The van der Waals surface area contributed by atoms with E-state index in [1.807, 2.05) is 30.3 Å². The van der Waals surface area contributed by atoms with Gasteiger partial charge in [0.25, 0.3) is 0 Å². The standard InChI is InChI=1S/C27H32O6/c1-5-16(6-2)25(27(13-14-27)26(29)30)33-23-20(10-12-22(31-3)24(23)32-4)18-7-9-19-17(15-18)8-11-21(19)28/h7,9-10,12,15-16,25H,5-6,8,11,13-14H2,1-4H3,(H,29,30). The smallest absolute Gasteiger partial charge is 0.313 e. The van der Waals surface area contributed by atoms with E-state index in [-0.39, 0.29) is 11.7 Å². The molecule has 0 aromatic heterocycles. The van der Waals surface area contributed by atoms with Gasteiger partial charge in [0.15, 0.2) is 17.3 Å². The van der Waals surface area contributed by atoms with Gasteiger partial charge in [0, 0.05) is 17.5 Å². The summed E-state index contributed by atoms with van der Waals surface area (Å²) >= 11 is 0. The van der Waals surface area contributed by atoms with Crippen LogP contribution in [0.4, 0.5) is 0 Å². The summed E-state index contributed by atoms with van der Waals surface area (Å²) in [6.07, 6.45) is 3.62. The van der Waals surface area contributed by atoms with E-state index in [2.05, 4.69) is 13.8 Å². The van der Waals surface area contributed by atoms with E-state index >= 15 is 0 Å². The maximum Gasteiger partial charge on any atom is 0.313 e. The molecular formula is C27H32O6. The van der Waals surface area contributed by atoms with Crippen molar-refractivity contribution in [2.75, 3.05) is 14.2 Å². The summed E-state index contributed by atoms with van der Waals surface area (Å²) in [4.78, 5) is 24.4. The first-order valence-corrected chi connectivity index (χ1v) is 11.7. The topological polar surface area (TPSA) is 82.1 Å². The fourth-order valence-corrected chi connectivity index (χ4v) is 5.12. The number of hydrogen-bond donors (Lipinski definition) is 1. The van der Waals surface area contributed by atoms with Gasteiger partial charge in [-0.05, 0) is 61.3 Å². The van der Waals surface area contributed by atoms with Gasteiger partial charge >= 0.3 is 5.97 Å². The highest BCUT2D eigenvalue weighted by Gasteiger charge is 2.59. The van der Waals surface area contributed by atoms with Crippen LogP contribution in [0.5, 0.6) is 17.2 Å². The summed E-state index contributed by atoms with van der Waals surface area (Å²) in [5, 5.41) is 10.1. The first-order valence-electron chi connectivity index (χ1n) is 11.7. The lowest BCUT2D eigenvalue weighted by molar-refractivity contribution is -0.149. The first-order chi connectivity index (χ1) is 15.9. The lowest BCUT2D eigenvalue weighted by Crippen LogP contribution is -2.40. The molecule has 1 atom stereocenters. The SMILES string of the molecule is CCC(CC)C(Oc1c(-c2ccc3c(c2)CCC3=O)ccc(OC)c1OC)C1(C(=O)O)CC1. The molecule has 1 unspecified atom stereocenters. The number of hydrogen-bond acceptors (Lipinski definition) is 5. The van der Waals surface area contributed by atoms with E-state index in [4.69, 9.17) is 14.2 Å². The summed E-state index contributed by atoms with van der Waals surface area (Å²) in [6.45, 7) is 4.15. The number of carbonyl (C=O) groups is 2. The maximum atomic E-state index is 12.3. The molecule has 6 heteroatoms. The first kappa shape index (κ1) is 23.1. The van der Waals surface area contributed by atoms with Gasteiger partial charge in [0.05, 0.1) is 14.2 Å². The van der Waals surface area contributed by atoms with Crippen LogP contribution in [0.1, 0.15) is 61.9 Å².